The third kappa shape index (κ3) is 2.21. The van der Waals surface area contributed by atoms with Crippen LogP contribution >= 0.6 is 0 Å². The maximum Gasteiger partial charge on any atom is 0.213 e. The third-order valence-corrected chi connectivity index (χ3v) is 2.20. The Bertz CT molecular complexity index is 300. The van der Waals surface area contributed by atoms with Gasteiger partial charge in [-0.15, -0.1) is 0 Å². The highest BCUT2D eigenvalue weighted by Crippen LogP contribution is 2.07. The molecule has 2 rings (SSSR count). The summed E-state index contributed by atoms with van der Waals surface area (Å²) < 4.78 is 10.1. The van der Waals surface area contributed by atoms with Gasteiger partial charge < -0.3 is 14.8 Å². The lowest BCUT2D eigenvalue weighted by atomic mass is 10.2. The lowest BCUT2D eigenvalue weighted by molar-refractivity contribution is -0.00592. The largest absolute Gasteiger partial charge is 0.481 e. The molecule has 0 amide bonds. The monoisotopic (exact) mass is 194 g/mol. The van der Waals surface area contributed by atoms with Gasteiger partial charge in [0.05, 0.1) is 32.1 Å². The molecule has 1 saturated heterocycles. The molecule has 4 nitrogen and oxygen atoms in total. The lowest BCUT2D eigenvalue weighted by Gasteiger charge is -2.26. The number of pyridine rings is 1. The second-order valence-electron chi connectivity index (χ2n) is 3.29. The molecule has 76 valence electrons. The van der Waals surface area contributed by atoms with Crippen molar-refractivity contribution >= 4 is 0 Å². The zero-order valence-corrected chi connectivity index (χ0v) is 8.19. The summed E-state index contributed by atoms with van der Waals surface area (Å²) in [5.41, 5.74) is 0.997. The van der Waals surface area contributed by atoms with Gasteiger partial charge in [-0.25, -0.2) is 4.98 Å². The molecule has 0 saturated carbocycles. The summed E-state index contributed by atoms with van der Waals surface area (Å²) >= 11 is 0. The number of methoxy groups -OCH3 is 1. The standard InChI is InChI=1S/C10H14N2O2/c1-13-10-4-2-3-8(12-10)5-11-9-6-14-7-9/h2-4,9,11H,5-7H2,1H3. The van der Waals surface area contributed by atoms with E-state index in [0.717, 1.165) is 25.5 Å². The first kappa shape index (κ1) is 9.43. The number of nitrogens with one attached hydrogen (secondary N) is 1. The molecule has 2 heterocycles. The topological polar surface area (TPSA) is 43.4 Å². The number of nitrogens with zero attached hydrogens (tertiary/aromatic N) is 1. The summed E-state index contributed by atoms with van der Waals surface area (Å²) in [5, 5.41) is 3.34. The number of hydrogen-bond acceptors (Lipinski definition) is 4. The molecular weight excluding hydrogens is 180 g/mol. The van der Waals surface area contributed by atoms with Crippen molar-refractivity contribution in [2.45, 2.75) is 12.6 Å². The number of ether oxygens (including phenoxy) is 2. The molecule has 1 aliphatic rings. The predicted octanol–water partition coefficient (Wildman–Crippen LogP) is 0.579. The summed E-state index contributed by atoms with van der Waals surface area (Å²) in [4.78, 5) is 4.30. The van der Waals surface area contributed by atoms with Crippen LogP contribution < -0.4 is 10.1 Å². The molecule has 1 aromatic rings. The minimum Gasteiger partial charge on any atom is -0.481 e. The minimum absolute atomic E-state index is 0.489. The van der Waals surface area contributed by atoms with Gasteiger partial charge >= 0.3 is 0 Å². The first-order valence-corrected chi connectivity index (χ1v) is 4.69. The van der Waals surface area contributed by atoms with Crippen molar-refractivity contribution in [3.05, 3.63) is 23.9 Å². The van der Waals surface area contributed by atoms with Gasteiger partial charge in [-0.3, -0.25) is 0 Å². The number of hydrogen-bond donors (Lipinski definition) is 1. The fourth-order valence-corrected chi connectivity index (χ4v) is 1.27. The van der Waals surface area contributed by atoms with Gasteiger partial charge in [0.1, 0.15) is 0 Å². The average Bonchev–Trinajstić information content (AvgIpc) is 2.16. The maximum atomic E-state index is 5.06. The van der Waals surface area contributed by atoms with Crippen LogP contribution in [-0.2, 0) is 11.3 Å². The van der Waals surface area contributed by atoms with Gasteiger partial charge in [-0.2, -0.15) is 0 Å². The molecule has 1 fully saturated rings. The fourth-order valence-electron chi connectivity index (χ4n) is 1.27. The Morgan fingerprint density at radius 3 is 3.07 bits per heavy atom. The highest BCUT2D eigenvalue weighted by atomic mass is 16.5. The van der Waals surface area contributed by atoms with Crippen molar-refractivity contribution in [1.29, 1.82) is 0 Å². The predicted molar refractivity (Wildman–Crippen MR) is 52.2 cm³/mol. The van der Waals surface area contributed by atoms with Crippen LogP contribution in [0, 0.1) is 0 Å². The molecule has 14 heavy (non-hydrogen) atoms. The van der Waals surface area contributed by atoms with Crippen molar-refractivity contribution < 1.29 is 9.47 Å². The van der Waals surface area contributed by atoms with Gasteiger partial charge in [-0.05, 0) is 6.07 Å². The molecule has 0 spiro atoms. The van der Waals surface area contributed by atoms with Crippen LogP contribution in [-0.4, -0.2) is 31.3 Å². The fraction of sp³-hybridized carbons (Fsp3) is 0.500. The Morgan fingerprint density at radius 2 is 2.43 bits per heavy atom. The lowest BCUT2D eigenvalue weighted by Crippen LogP contribution is -2.45. The van der Waals surface area contributed by atoms with Crippen LogP contribution in [0.1, 0.15) is 5.69 Å². The van der Waals surface area contributed by atoms with E-state index in [1.807, 2.05) is 18.2 Å². The summed E-state index contributed by atoms with van der Waals surface area (Å²) in [6, 6.07) is 6.26. The first-order chi connectivity index (χ1) is 6.88. The van der Waals surface area contributed by atoms with Crippen molar-refractivity contribution in [1.82, 2.24) is 10.3 Å². The summed E-state index contributed by atoms with van der Waals surface area (Å²) in [6.45, 7) is 2.39. The van der Waals surface area contributed by atoms with Crippen LogP contribution in [0.2, 0.25) is 0 Å². The van der Waals surface area contributed by atoms with E-state index in [2.05, 4.69) is 10.3 Å². The molecule has 0 unspecified atom stereocenters. The van der Waals surface area contributed by atoms with Crippen molar-refractivity contribution in [3.63, 3.8) is 0 Å². The van der Waals surface area contributed by atoms with E-state index in [9.17, 15) is 0 Å². The Labute approximate surface area is 83.2 Å². The van der Waals surface area contributed by atoms with Crippen molar-refractivity contribution in [3.8, 4) is 5.88 Å². The Morgan fingerprint density at radius 1 is 1.57 bits per heavy atom. The molecule has 0 radical (unpaired) electrons. The minimum atomic E-state index is 0.489. The van der Waals surface area contributed by atoms with Crippen molar-refractivity contribution in [2.75, 3.05) is 20.3 Å². The summed E-state index contributed by atoms with van der Waals surface area (Å²) in [5.74, 6) is 0.661. The highest BCUT2D eigenvalue weighted by molar-refractivity contribution is 5.15. The van der Waals surface area contributed by atoms with E-state index in [0.29, 0.717) is 11.9 Å². The second-order valence-corrected chi connectivity index (χ2v) is 3.29. The van der Waals surface area contributed by atoms with Crippen LogP contribution in [0.3, 0.4) is 0 Å². The van der Waals surface area contributed by atoms with Gasteiger partial charge in [0, 0.05) is 12.6 Å². The van der Waals surface area contributed by atoms with Gasteiger partial charge in [0.15, 0.2) is 0 Å². The zero-order chi connectivity index (χ0) is 9.80. The molecular formula is C10H14N2O2. The molecule has 4 heteroatoms. The summed E-state index contributed by atoms with van der Waals surface area (Å²) in [6.07, 6.45) is 0. The SMILES string of the molecule is COc1cccc(CNC2COC2)n1. The Balaban J connectivity index is 1.87. The quantitative estimate of drug-likeness (QED) is 0.761. The van der Waals surface area contributed by atoms with Gasteiger partial charge in [0.25, 0.3) is 0 Å². The van der Waals surface area contributed by atoms with Gasteiger partial charge in [0.2, 0.25) is 5.88 Å². The van der Waals surface area contributed by atoms with E-state index in [1.165, 1.54) is 0 Å². The molecule has 0 atom stereocenters. The number of aromatic nitrogens is 1. The van der Waals surface area contributed by atoms with Crippen LogP contribution in [0.25, 0.3) is 0 Å². The smallest absolute Gasteiger partial charge is 0.213 e. The van der Waals surface area contributed by atoms with E-state index in [-0.39, 0.29) is 0 Å². The van der Waals surface area contributed by atoms with Crippen LogP contribution in [0.15, 0.2) is 18.2 Å². The van der Waals surface area contributed by atoms with E-state index < -0.39 is 0 Å². The van der Waals surface area contributed by atoms with E-state index >= 15 is 0 Å². The molecule has 0 bridgehead atoms. The summed E-state index contributed by atoms with van der Waals surface area (Å²) in [7, 11) is 1.62. The zero-order valence-electron chi connectivity index (χ0n) is 8.19. The molecule has 1 aliphatic heterocycles. The van der Waals surface area contributed by atoms with E-state index in [1.54, 1.807) is 7.11 Å². The first-order valence-electron chi connectivity index (χ1n) is 4.69. The average molecular weight is 194 g/mol. The van der Waals surface area contributed by atoms with Gasteiger partial charge in [-0.1, -0.05) is 6.07 Å². The normalized spacial score (nSPS) is 16.4. The Kier molecular flexibility index (Phi) is 2.96. The second kappa shape index (κ2) is 4.39. The molecule has 0 aliphatic carbocycles. The van der Waals surface area contributed by atoms with E-state index in [4.69, 9.17) is 9.47 Å². The molecule has 0 aromatic carbocycles. The van der Waals surface area contributed by atoms with Crippen molar-refractivity contribution in [2.24, 2.45) is 0 Å². The number of rotatable bonds is 4. The third-order valence-electron chi connectivity index (χ3n) is 2.20. The maximum absolute atomic E-state index is 5.06. The Hall–Kier alpha value is -1.13. The van der Waals surface area contributed by atoms with Crippen LogP contribution in [0.5, 0.6) is 5.88 Å². The highest BCUT2D eigenvalue weighted by Gasteiger charge is 2.17. The molecule has 1 N–H and O–H groups in total. The van der Waals surface area contributed by atoms with Crippen LogP contribution in [0.4, 0.5) is 0 Å². The molecule has 1 aromatic heterocycles.